The molecule has 0 spiro atoms. The van der Waals surface area contributed by atoms with Crippen molar-refractivity contribution in [3.8, 4) is 11.3 Å². The van der Waals surface area contributed by atoms with Gasteiger partial charge in [0.1, 0.15) is 0 Å². The third-order valence-electron chi connectivity index (χ3n) is 3.67. The molecule has 0 N–H and O–H groups in total. The summed E-state index contributed by atoms with van der Waals surface area (Å²) >= 11 is 1.58. The highest BCUT2D eigenvalue weighted by molar-refractivity contribution is 7.99. The summed E-state index contributed by atoms with van der Waals surface area (Å²) in [5, 5.41) is 6.13. The van der Waals surface area contributed by atoms with Crippen molar-refractivity contribution in [2.24, 2.45) is 0 Å². The van der Waals surface area contributed by atoms with Crippen LogP contribution in [0.2, 0.25) is 0 Å². The number of rotatable bonds is 3. The summed E-state index contributed by atoms with van der Waals surface area (Å²) in [5.74, 6) is 0.856. The molecule has 0 fully saturated rings. The summed E-state index contributed by atoms with van der Waals surface area (Å²) in [6, 6.07) is 17.1. The quantitative estimate of drug-likeness (QED) is 0.326. The lowest BCUT2D eigenvalue weighted by Crippen LogP contribution is -2.17. The standard InChI is InChI=1S/C18H14N4OS/c1-2-24-18-19-14-11-7-6-10-13(14)16-20-17(23)15(21-22(16)18)12-8-4-3-5-9-12/h3-11H,2H2,1H3. The molecule has 0 unspecified atom stereocenters. The fourth-order valence-corrected chi connectivity index (χ4v) is 3.28. The van der Waals surface area contributed by atoms with E-state index in [1.54, 1.807) is 16.3 Å². The van der Waals surface area contributed by atoms with Crippen LogP contribution in [0.15, 0.2) is 64.5 Å². The molecule has 0 amide bonds. The fraction of sp³-hybridized carbons (Fsp3) is 0.111. The Bertz CT molecular complexity index is 1090. The van der Waals surface area contributed by atoms with E-state index < -0.39 is 0 Å². The average molecular weight is 334 g/mol. The largest absolute Gasteiger partial charge is 0.300 e. The molecule has 2 heterocycles. The lowest BCUT2D eigenvalue weighted by molar-refractivity contribution is 0.770. The minimum absolute atomic E-state index is 0.329. The van der Waals surface area contributed by atoms with Crippen LogP contribution in [0.4, 0.5) is 0 Å². The van der Waals surface area contributed by atoms with Crippen LogP contribution in [0.3, 0.4) is 0 Å². The number of para-hydroxylation sites is 1. The van der Waals surface area contributed by atoms with Crippen molar-refractivity contribution in [2.45, 2.75) is 12.1 Å². The number of benzene rings is 2. The summed E-state index contributed by atoms with van der Waals surface area (Å²) in [7, 11) is 0. The van der Waals surface area contributed by atoms with Crippen LogP contribution in [0.25, 0.3) is 27.8 Å². The smallest absolute Gasteiger partial charge is 0.265 e. The second-order valence-corrected chi connectivity index (χ2v) is 6.44. The minimum atomic E-state index is -0.329. The number of hydrogen-bond donors (Lipinski definition) is 0. The summed E-state index contributed by atoms with van der Waals surface area (Å²) in [4.78, 5) is 21.5. The summed E-state index contributed by atoms with van der Waals surface area (Å²) in [6.07, 6.45) is 0. The SMILES string of the molecule is CCSc1nc2ccccc2c2nc(=O)c(-c3ccccc3)nn12. The van der Waals surface area contributed by atoms with E-state index in [1.165, 1.54) is 0 Å². The van der Waals surface area contributed by atoms with Gasteiger partial charge in [-0.05, 0) is 17.9 Å². The lowest BCUT2D eigenvalue weighted by Gasteiger charge is -2.10. The molecular formula is C18H14N4OS. The van der Waals surface area contributed by atoms with Gasteiger partial charge in [0.2, 0.25) is 0 Å². The van der Waals surface area contributed by atoms with Gasteiger partial charge in [-0.25, -0.2) is 4.98 Å². The van der Waals surface area contributed by atoms with Crippen molar-refractivity contribution in [1.29, 1.82) is 0 Å². The van der Waals surface area contributed by atoms with E-state index in [2.05, 4.69) is 22.0 Å². The van der Waals surface area contributed by atoms with Crippen molar-refractivity contribution < 1.29 is 0 Å². The molecule has 2 aromatic heterocycles. The molecule has 0 atom stereocenters. The molecule has 4 rings (SSSR count). The topological polar surface area (TPSA) is 60.2 Å². The molecule has 0 aliphatic carbocycles. The second-order valence-electron chi connectivity index (χ2n) is 5.21. The Morgan fingerprint density at radius 1 is 1.00 bits per heavy atom. The molecule has 0 aliphatic heterocycles. The Labute approximate surface area is 142 Å². The van der Waals surface area contributed by atoms with E-state index in [0.717, 1.165) is 27.4 Å². The molecule has 0 saturated heterocycles. The molecule has 0 bridgehead atoms. The molecule has 0 saturated carbocycles. The maximum atomic E-state index is 12.5. The van der Waals surface area contributed by atoms with Gasteiger partial charge in [0.05, 0.1) is 5.52 Å². The third kappa shape index (κ3) is 2.45. The fourth-order valence-electron chi connectivity index (χ4n) is 2.60. The Morgan fingerprint density at radius 2 is 1.75 bits per heavy atom. The van der Waals surface area contributed by atoms with Crippen LogP contribution < -0.4 is 5.56 Å². The highest BCUT2D eigenvalue weighted by Gasteiger charge is 2.14. The zero-order chi connectivity index (χ0) is 16.5. The van der Waals surface area contributed by atoms with E-state index in [4.69, 9.17) is 0 Å². The highest BCUT2D eigenvalue weighted by Crippen LogP contribution is 2.23. The molecule has 0 radical (unpaired) electrons. The maximum absolute atomic E-state index is 12.5. The second kappa shape index (κ2) is 6.05. The monoisotopic (exact) mass is 334 g/mol. The van der Waals surface area contributed by atoms with Crippen LogP contribution in [0.5, 0.6) is 0 Å². The van der Waals surface area contributed by atoms with Gasteiger partial charge >= 0.3 is 0 Å². The molecule has 0 aliphatic rings. The first kappa shape index (κ1) is 14.8. The molecule has 5 nitrogen and oxygen atoms in total. The molecule has 2 aromatic carbocycles. The minimum Gasteiger partial charge on any atom is -0.265 e. The first-order valence-electron chi connectivity index (χ1n) is 7.66. The number of aromatic nitrogens is 4. The molecule has 6 heteroatoms. The predicted octanol–water partition coefficient (Wildman–Crippen LogP) is 3.42. The number of nitrogens with zero attached hydrogens (tertiary/aromatic N) is 4. The molecule has 4 aromatic rings. The number of thioether (sulfide) groups is 1. The van der Waals surface area contributed by atoms with Crippen molar-refractivity contribution in [1.82, 2.24) is 19.6 Å². The number of hydrogen-bond acceptors (Lipinski definition) is 5. The Hall–Kier alpha value is -2.73. The van der Waals surface area contributed by atoms with Gasteiger partial charge in [-0.3, -0.25) is 4.79 Å². The van der Waals surface area contributed by atoms with Crippen LogP contribution in [-0.4, -0.2) is 25.3 Å². The van der Waals surface area contributed by atoms with E-state index in [0.29, 0.717) is 11.3 Å². The molecule has 24 heavy (non-hydrogen) atoms. The Balaban J connectivity index is 2.10. The lowest BCUT2D eigenvalue weighted by atomic mass is 10.2. The Morgan fingerprint density at radius 3 is 2.54 bits per heavy atom. The summed E-state index contributed by atoms with van der Waals surface area (Å²) in [6.45, 7) is 2.06. The predicted molar refractivity (Wildman–Crippen MR) is 96.4 cm³/mol. The van der Waals surface area contributed by atoms with Gasteiger partial charge in [0.15, 0.2) is 16.5 Å². The number of fused-ring (bicyclic) bond motifs is 3. The van der Waals surface area contributed by atoms with Crippen LogP contribution in [0, 0.1) is 0 Å². The normalized spacial score (nSPS) is 11.2. The highest BCUT2D eigenvalue weighted by atomic mass is 32.2. The van der Waals surface area contributed by atoms with Crippen molar-refractivity contribution in [2.75, 3.05) is 5.75 Å². The van der Waals surface area contributed by atoms with Crippen molar-refractivity contribution in [3.05, 3.63) is 65.0 Å². The van der Waals surface area contributed by atoms with Gasteiger partial charge in [0, 0.05) is 10.9 Å². The van der Waals surface area contributed by atoms with Crippen LogP contribution >= 0.6 is 11.8 Å². The van der Waals surface area contributed by atoms with Crippen molar-refractivity contribution in [3.63, 3.8) is 0 Å². The van der Waals surface area contributed by atoms with E-state index in [1.807, 2.05) is 54.6 Å². The zero-order valence-electron chi connectivity index (χ0n) is 13.0. The van der Waals surface area contributed by atoms with Gasteiger partial charge < -0.3 is 0 Å². The van der Waals surface area contributed by atoms with Gasteiger partial charge in [-0.1, -0.05) is 61.2 Å². The average Bonchev–Trinajstić information content (AvgIpc) is 2.62. The summed E-state index contributed by atoms with van der Waals surface area (Å²) < 4.78 is 1.68. The van der Waals surface area contributed by atoms with Gasteiger partial charge in [-0.2, -0.15) is 14.6 Å². The van der Waals surface area contributed by atoms with Crippen LogP contribution in [-0.2, 0) is 0 Å². The van der Waals surface area contributed by atoms with Crippen LogP contribution in [0.1, 0.15) is 6.92 Å². The maximum Gasteiger partial charge on any atom is 0.300 e. The van der Waals surface area contributed by atoms with E-state index >= 15 is 0 Å². The Kier molecular flexibility index (Phi) is 3.74. The molecule has 118 valence electrons. The molecular weight excluding hydrogens is 320 g/mol. The van der Waals surface area contributed by atoms with Crippen molar-refractivity contribution >= 4 is 28.3 Å². The first-order chi connectivity index (χ1) is 11.8. The van der Waals surface area contributed by atoms with E-state index in [9.17, 15) is 4.79 Å². The van der Waals surface area contributed by atoms with Gasteiger partial charge in [0.25, 0.3) is 5.56 Å². The van der Waals surface area contributed by atoms with E-state index in [-0.39, 0.29) is 5.56 Å². The zero-order valence-corrected chi connectivity index (χ0v) is 13.8. The first-order valence-corrected chi connectivity index (χ1v) is 8.64. The van der Waals surface area contributed by atoms with Gasteiger partial charge in [-0.15, -0.1) is 0 Å². The summed E-state index contributed by atoms with van der Waals surface area (Å²) in [5.41, 5.74) is 2.12. The third-order valence-corrected chi connectivity index (χ3v) is 4.48.